The third kappa shape index (κ3) is 4.97. The number of carbonyl (C=O) groups is 2. The molecule has 2 N–H and O–H groups in total. The van der Waals surface area contributed by atoms with Gasteiger partial charge < -0.3 is 10.6 Å². The van der Waals surface area contributed by atoms with E-state index in [2.05, 4.69) is 10.6 Å². The van der Waals surface area contributed by atoms with E-state index in [9.17, 15) is 19.7 Å². The summed E-state index contributed by atoms with van der Waals surface area (Å²) >= 11 is 6.02. The van der Waals surface area contributed by atoms with Crippen LogP contribution in [0.25, 0.3) is 0 Å². The lowest BCUT2D eigenvalue weighted by Gasteiger charge is -2.12. The van der Waals surface area contributed by atoms with Crippen LogP contribution in [0.1, 0.15) is 26.3 Å². The number of rotatable bonds is 6. The lowest BCUT2D eigenvalue weighted by Crippen LogP contribution is -2.25. The molecule has 2 amide bonds. The maximum atomic E-state index is 12.6. The maximum absolute atomic E-state index is 12.6. The van der Waals surface area contributed by atoms with Crippen molar-refractivity contribution in [3.8, 4) is 0 Å². The Balaban J connectivity index is 1.78. The summed E-state index contributed by atoms with van der Waals surface area (Å²) in [6.45, 7) is 0.332. The Morgan fingerprint density at radius 3 is 2.31 bits per heavy atom. The molecular weight excluding hydrogens is 394 g/mol. The fourth-order valence-corrected chi connectivity index (χ4v) is 2.86. The maximum Gasteiger partial charge on any atom is 0.270 e. The normalized spacial score (nSPS) is 10.2. The van der Waals surface area contributed by atoms with Gasteiger partial charge in [-0.3, -0.25) is 19.7 Å². The standard InChI is InChI=1S/C21H16ClN3O4/c22-18-11-10-15(25(28)29)12-17(18)21(27)24-19-9-5-4-8-16(19)20(26)23-13-14-6-2-1-3-7-14/h1-12H,13H2,(H,23,26)(H,24,27). The molecule has 146 valence electrons. The Morgan fingerprint density at radius 1 is 0.897 bits per heavy atom. The van der Waals surface area contributed by atoms with Crippen molar-refractivity contribution >= 4 is 34.8 Å². The van der Waals surface area contributed by atoms with Gasteiger partial charge in [-0.2, -0.15) is 0 Å². The quantitative estimate of drug-likeness (QED) is 0.464. The fourth-order valence-electron chi connectivity index (χ4n) is 2.65. The first kappa shape index (κ1) is 20.0. The summed E-state index contributed by atoms with van der Waals surface area (Å²) in [5.41, 5.74) is 1.16. The van der Waals surface area contributed by atoms with Crippen LogP contribution in [0.3, 0.4) is 0 Å². The molecule has 0 heterocycles. The van der Waals surface area contributed by atoms with Crippen LogP contribution in [-0.4, -0.2) is 16.7 Å². The van der Waals surface area contributed by atoms with Crippen molar-refractivity contribution in [2.24, 2.45) is 0 Å². The van der Waals surface area contributed by atoms with Crippen molar-refractivity contribution in [2.45, 2.75) is 6.54 Å². The lowest BCUT2D eigenvalue weighted by atomic mass is 10.1. The zero-order chi connectivity index (χ0) is 20.8. The molecule has 3 aromatic carbocycles. The van der Waals surface area contributed by atoms with Crippen molar-refractivity contribution in [3.63, 3.8) is 0 Å². The van der Waals surface area contributed by atoms with E-state index < -0.39 is 10.8 Å². The number of hydrogen-bond acceptors (Lipinski definition) is 4. The first-order valence-corrected chi connectivity index (χ1v) is 9.00. The van der Waals surface area contributed by atoms with Crippen LogP contribution >= 0.6 is 11.6 Å². The topological polar surface area (TPSA) is 101 Å². The molecule has 0 radical (unpaired) electrons. The van der Waals surface area contributed by atoms with E-state index in [4.69, 9.17) is 11.6 Å². The Kier molecular flexibility index (Phi) is 6.21. The molecule has 0 bridgehead atoms. The van der Waals surface area contributed by atoms with Gasteiger partial charge in [0.1, 0.15) is 0 Å². The molecule has 7 nitrogen and oxygen atoms in total. The number of benzene rings is 3. The minimum absolute atomic E-state index is 0.0552. The summed E-state index contributed by atoms with van der Waals surface area (Å²) in [5.74, 6) is -1.02. The second-order valence-corrected chi connectivity index (χ2v) is 6.50. The lowest BCUT2D eigenvalue weighted by molar-refractivity contribution is -0.384. The summed E-state index contributed by atoms with van der Waals surface area (Å²) < 4.78 is 0. The van der Waals surface area contributed by atoms with Gasteiger partial charge in [-0.15, -0.1) is 0 Å². The highest BCUT2D eigenvalue weighted by molar-refractivity contribution is 6.34. The van der Waals surface area contributed by atoms with E-state index in [0.29, 0.717) is 6.54 Å². The van der Waals surface area contributed by atoms with Crippen molar-refractivity contribution in [2.75, 3.05) is 5.32 Å². The highest BCUT2D eigenvalue weighted by Gasteiger charge is 2.18. The van der Waals surface area contributed by atoms with E-state index in [-0.39, 0.29) is 33.4 Å². The molecule has 0 unspecified atom stereocenters. The third-order valence-corrected chi connectivity index (χ3v) is 4.45. The predicted octanol–water partition coefficient (Wildman–Crippen LogP) is 4.43. The van der Waals surface area contributed by atoms with E-state index in [1.54, 1.807) is 24.3 Å². The van der Waals surface area contributed by atoms with Crippen LogP contribution in [-0.2, 0) is 6.54 Å². The first-order valence-electron chi connectivity index (χ1n) is 8.62. The molecule has 0 aliphatic heterocycles. The van der Waals surface area contributed by atoms with Crippen LogP contribution < -0.4 is 10.6 Å². The second-order valence-electron chi connectivity index (χ2n) is 6.09. The van der Waals surface area contributed by atoms with Crippen LogP contribution in [0, 0.1) is 10.1 Å². The number of para-hydroxylation sites is 1. The van der Waals surface area contributed by atoms with Crippen molar-refractivity contribution < 1.29 is 14.5 Å². The van der Waals surface area contributed by atoms with E-state index in [1.165, 1.54) is 12.1 Å². The average molecular weight is 410 g/mol. The highest BCUT2D eigenvalue weighted by atomic mass is 35.5. The number of carbonyl (C=O) groups excluding carboxylic acids is 2. The zero-order valence-electron chi connectivity index (χ0n) is 15.1. The molecule has 0 fully saturated rings. The highest BCUT2D eigenvalue weighted by Crippen LogP contribution is 2.24. The zero-order valence-corrected chi connectivity index (χ0v) is 15.8. The summed E-state index contributed by atoms with van der Waals surface area (Å²) in [6, 6.07) is 19.5. The van der Waals surface area contributed by atoms with Gasteiger partial charge in [0.25, 0.3) is 17.5 Å². The molecule has 0 atom stereocenters. The van der Waals surface area contributed by atoms with Crippen LogP contribution in [0.2, 0.25) is 5.02 Å². The molecule has 3 rings (SSSR count). The average Bonchev–Trinajstić information content (AvgIpc) is 2.73. The van der Waals surface area contributed by atoms with Gasteiger partial charge in [-0.25, -0.2) is 0 Å². The Morgan fingerprint density at radius 2 is 1.59 bits per heavy atom. The number of non-ortho nitro benzene ring substituents is 1. The molecule has 0 aliphatic rings. The summed E-state index contributed by atoms with van der Waals surface area (Å²) in [6.07, 6.45) is 0. The summed E-state index contributed by atoms with van der Waals surface area (Å²) in [4.78, 5) is 35.5. The number of amides is 2. The molecule has 0 spiro atoms. The molecular formula is C21H16ClN3O4. The van der Waals surface area contributed by atoms with Gasteiger partial charge in [0.15, 0.2) is 0 Å². The Labute approximate surface area is 171 Å². The number of nitro benzene ring substituents is 1. The van der Waals surface area contributed by atoms with E-state index in [0.717, 1.165) is 11.6 Å². The van der Waals surface area contributed by atoms with Gasteiger partial charge in [0.2, 0.25) is 0 Å². The molecule has 8 heteroatoms. The monoisotopic (exact) mass is 409 g/mol. The van der Waals surface area contributed by atoms with Crippen LogP contribution in [0.5, 0.6) is 0 Å². The number of anilines is 1. The van der Waals surface area contributed by atoms with Crippen LogP contribution in [0.4, 0.5) is 11.4 Å². The summed E-state index contributed by atoms with van der Waals surface area (Å²) in [7, 11) is 0. The third-order valence-electron chi connectivity index (χ3n) is 4.12. The molecule has 0 aromatic heterocycles. The smallest absolute Gasteiger partial charge is 0.270 e. The van der Waals surface area contributed by atoms with Gasteiger partial charge in [0, 0.05) is 18.7 Å². The van der Waals surface area contributed by atoms with Crippen molar-refractivity contribution in [1.82, 2.24) is 5.32 Å². The summed E-state index contributed by atoms with van der Waals surface area (Å²) in [5, 5.41) is 16.4. The molecule has 0 aliphatic carbocycles. The largest absolute Gasteiger partial charge is 0.348 e. The van der Waals surface area contributed by atoms with Gasteiger partial charge in [-0.05, 0) is 23.8 Å². The van der Waals surface area contributed by atoms with E-state index in [1.807, 2.05) is 30.3 Å². The molecule has 0 saturated heterocycles. The van der Waals surface area contributed by atoms with Gasteiger partial charge in [0.05, 0.1) is 26.8 Å². The number of nitrogens with one attached hydrogen (secondary N) is 2. The van der Waals surface area contributed by atoms with Crippen molar-refractivity contribution in [1.29, 1.82) is 0 Å². The van der Waals surface area contributed by atoms with Crippen LogP contribution in [0.15, 0.2) is 72.8 Å². The minimum Gasteiger partial charge on any atom is -0.348 e. The molecule has 3 aromatic rings. The van der Waals surface area contributed by atoms with Gasteiger partial charge in [-0.1, -0.05) is 54.1 Å². The fraction of sp³-hybridized carbons (Fsp3) is 0.0476. The number of hydrogen-bond donors (Lipinski definition) is 2. The molecule has 0 saturated carbocycles. The number of nitro groups is 1. The van der Waals surface area contributed by atoms with Crippen molar-refractivity contribution in [3.05, 3.63) is 105 Å². The predicted molar refractivity (Wildman–Crippen MR) is 110 cm³/mol. The van der Waals surface area contributed by atoms with E-state index >= 15 is 0 Å². The number of halogens is 1. The van der Waals surface area contributed by atoms with Gasteiger partial charge >= 0.3 is 0 Å². The Hall–Kier alpha value is -3.71. The second kappa shape index (κ2) is 8.99. The minimum atomic E-state index is -0.651. The first-order chi connectivity index (χ1) is 14.0. The SMILES string of the molecule is O=C(Nc1ccccc1C(=O)NCc1ccccc1)c1cc([N+](=O)[O-])ccc1Cl. The molecule has 29 heavy (non-hydrogen) atoms. The Bertz CT molecular complexity index is 1070. The number of nitrogens with zero attached hydrogens (tertiary/aromatic N) is 1.